The number of hydrogen-bond donors (Lipinski definition) is 2. The maximum atomic E-state index is 11.4. The molecule has 0 amide bonds. The molecule has 1 aliphatic carbocycles. The third-order valence-electron chi connectivity index (χ3n) is 4.48. The molecule has 2 N–H and O–H groups in total. The van der Waals surface area contributed by atoms with E-state index in [0.29, 0.717) is 29.7 Å². The zero-order valence-corrected chi connectivity index (χ0v) is 13.7. The summed E-state index contributed by atoms with van der Waals surface area (Å²) in [5.74, 6) is -0.558. The van der Waals surface area contributed by atoms with Crippen molar-refractivity contribution in [2.45, 2.75) is 18.8 Å². The number of carbonyl (C=O) groups is 2. The molecule has 2 aromatic carbocycles. The van der Waals surface area contributed by atoms with Gasteiger partial charge in [-0.15, -0.1) is 11.6 Å². The van der Waals surface area contributed by atoms with Crippen LogP contribution >= 0.6 is 11.6 Å². The highest BCUT2D eigenvalue weighted by Crippen LogP contribution is 2.48. The molecule has 0 bridgehead atoms. The van der Waals surface area contributed by atoms with Crippen molar-refractivity contribution in [3.05, 3.63) is 70.3 Å². The average Bonchev–Trinajstić information content (AvgIpc) is 3.35. The molecule has 0 aliphatic heterocycles. The van der Waals surface area contributed by atoms with Gasteiger partial charge in [-0.2, -0.15) is 0 Å². The van der Waals surface area contributed by atoms with Gasteiger partial charge >= 0.3 is 11.9 Å². The van der Waals surface area contributed by atoms with Crippen molar-refractivity contribution in [2.24, 2.45) is 5.92 Å². The molecule has 2 unspecified atom stereocenters. The lowest BCUT2D eigenvalue weighted by Crippen LogP contribution is -2.07. The lowest BCUT2D eigenvalue weighted by atomic mass is 9.96. The molecular weight excluding hydrogens is 328 g/mol. The quantitative estimate of drug-likeness (QED) is 0.776. The van der Waals surface area contributed by atoms with Crippen molar-refractivity contribution in [3.8, 4) is 0 Å². The first-order valence-electron chi connectivity index (χ1n) is 7.74. The van der Waals surface area contributed by atoms with Gasteiger partial charge in [0.15, 0.2) is 0 Å². The number of aromatic carboxylic acids is 2. The van der Waals surface area contributed by atoms with Gasteiger partial charge in [0.25, 0.3) is 0 Å². The standard InChI is InChI=1S/C19H17ClO4/c20-10-15-9-16(15)12-3-1-2-11(6-12)7-13-4-5-14(18(21)22)8-17(13)19(23)24/h1-6,8,15-16H,7,9-10H2,(H,21,22)(H,23,24). The van der Waals surface area contributed by atoms with Crippen molar-refractivity contribution in [2.75, 3.05) is 5.88 Å². The lowest BCUT2D eigenvalue weighted by Gasteiger charge is -2.09. The van der Waals surface area contributed by atoms with E-state index in [9.17, 15) is 14.7 Å². The number of hydrogen-bond acceptors (Lipinski definition) is 2. The first kappa shape index (κ1) is 16.5. The Morgan fingerprint density at radius 2 is 1.88 bits per heavy atom. The molecule has 0 radical (unpaired) electrons. The summed E-state index contributed by atoms with van der Waals surface area (Å²) in [6.45, 7) is 0. The summed E-state index contributed by atoms with van der Waals surface area (Å²) in [4.78, 5) is 22.5. The molecule has 1 aliphatic rings. The van der Waals surface area contributed by atoms with Gasteiger partial charge in [0.2, 0.25) is 0 Å². The molecule has 3 rings (SSSR count). The smallest absolute Gasteiger partial charge is 0.336 e. The predicted octanol–water partition coefficient (Wildman–Crippen LogP) is 4.02. The van der Waals surface area contributed by atoms with E-state index in [1.165, 1.54) is 17.7 Å². The Morgan fingerprint density at radius 3 is 2.50 bits per heavy atom. The Bertz CT molecular complexity index is 800. The van der Waals surface area contributed by atoms with Crippen LogP contribution in [0.25, 0.3) is 0 Å². The second-order valence-electron chi connectivity index (χ2n) is 6.16. The molecule has 0 heterocycles. The summed E-state index contributed by atoms with van der Waals surface area (Å²) in [6.07, 6.45) is 1.55. The average molecular weight is 345 g/mol. The van der Waals surface area contributed by atoms with Gasteiger partial charge < -0.3 is 10.2 Å². The fourth-order valence-electron chi connectivity index (χ4n) is 3.04. The van der Waals surface area contributed by atoms with E-state index in [-0.39, 0.29) is 11.1 Å². The lowest BCUT2D eigenvalue weighted by molar-refractivity contribution is 0.0695. The summed E-state index contributed by atoms with van der Waals surface area (Å²) in [7, 11) is 0. The summed E-state index contributed by atoms with van der Waals surface area (Å²) >= 11 is 5.90. The summed E-state index contributed by atoms with van der Waals surface area (Å²) in [6, 6.07) is 12.3. The minimum atomic E-state index is -1.13. The first-order chi connectivity index (χ1) is 11.5. The van der Waals surface area contributed by atoms with Crippen LogP contribution in [0.15, 0.2) is 42.5 Å². The van der Waals surface area contributed by atoms with Crippen LogP contribution in [0.2, 0.25) is 0 Å². The van der Waals surface area contributed by atoms with Crippen LogP contribution < -0.4 is 0 Å². The van der Waals surface area contributed by atoms with Gasteiger partial charge in [0.1, 0.15) is 0 Å². The molecule has 0 aromatic heterocycles. The van der Waals surface area contributed by atoms with Crippen LogP contribution in [-0.2, 0) is 6.42 Å². The van der Waals surface area contributed by atoms with Crippen LogP contribution in [0.4, 0.5) is 0 Å². The molecule has 124 valence electrons. The van der Waals surface area contributed by atoms with Crippen molar-refractivity contribution >= 4 is 23.5 Å². The predicted molar refractivity (Wildman–Crippen MR) is 91.2 cm³/mol. The van der Waals surface area contributed by atoms with Crippen molar-refractivity contribution in [1.29, 1.82) is 0 Å². The van der Waals surface area contributed by atoms with Crippen molar-refractivity contribution < 1.29 is 19.8 Å². The zero-order chi connectivity index (χ0) is 17.3. The largest absolute Gasteiger partial charge is 0.478 e. The SMILES string of the molecule is O=C(O)c1ccc(Cc2cccc(C3CC3CCl)c2)c(C(=O)O)c1. The topological polar surface area (TPSA) is 74.6 Å². The minimum absolute atomic E-state index is 0.0205. The number of carboxylic acid groups (broad SMARTS) is 2. The Kier molecular flexibility index (Phi) is 4.58. The van der Waals surface area contributed by atoms with Crippen LogP contribution in [0.1, 0.15) is 49.7 Å². The Labute approximate surface area is 144 Å². The maximum Gasteiger partial charge on any atom is 0.336 e. The highest BCUT2D eigenvalue weighted by molar-refractivity contribution is 6.18. The van der Waals surface area contributed by atoms with Crippen LogP contribution in [0.3, 0.4) is 0 Å². The Morgan fingerprint density at radius 1 is 1.08 bits per heavy atom. The fraction of sp³-hybridized carbons (Fsp3) is 0.263. The van der Waals surface area contributed by atoms with E-state index >= 15 is 0 Å². The van der Waals surface area contributed by atoms with Crippen molar-refractivity contribution in [1.82, 2.24) is 0 Å². The van der Waals surface area contributed by atoms with Crippen LogP contribution in [0, 0.1) is 5.92 Å². The van der Waals surface area contributed by atoms with Gasteiger partial charge in [-0.1, -0.05) is 30.3 Å². The highest BCUT2D eigenvalue weighted by Gasteiger charge is 2.37. The van der Waals surface area contributed by atoms with Crippen LogP contribution in [0.5, 0.6) is 0 Å². The van der Waals surface area contributed by atoms with Gasteiger partial charge in [0, 0.05) is 5.88 Å². The van der Waals surface area contributed by atoms with E-state index in [1.807, 2.05) is 12.1 Å². The number of benzene rings is 2. The molecule has 1 saturated carbocycles. The normalized spacial score (nSPS) is 19.0. The number of carboxylic acids is 2. The van der Waals surface area contributed by atoms with Gasteiger partial charge in [-0.05, 0) is 53.5 Å². The van der Waals surface area contributed by atoms with E-state index < -0.39 is 11.9 Å². The first-order valence-corrected chi connectivity index (χ1v) is 8.27. The Balaban J connectivity index is 1.87. The monoisotopic (exact) mass is 344 g/mol. The highest BCUT2D eigenvalue weighted by atomic mass is 35.5. The molecule has 2 atom stereocenters. The zero-order valence-electron chi connectivity index (χ0n) is 12.9. The van der Waals surface area contributed by atoms with E-state index in [4.69, 9.17) is 16.7 Å². The minimum Gasteiger partial charge on any atom is -0.478 e. The summed E-state index contributed by atoms with van der Waals surface area (Å²) in [5, 5.41) is 18.4. The Hall–Kier alpha value is -2.33. The molecule has 2 aromatic rings. The van der Waals surface area contributed by atoms with E-state index in [0.717, 1.165) is 12.0 Å². The number of rotatable bonds is 6. The molecule has 1 fully saturated rings. The third kappa shape index (κ3) is 3.44. The molecule has 5 heteroatoms. The number of halogens is 1. The van der Waals surface area contributed by atoms with Gasteiger partial charge in [-0.3, -0.25) is 0 Å². The summed E-state index contributed by atoms with van der Waals surface area (Å²) < 4.78 is 0. The molecule has 0 spiro atoms. The molecule has 4 nitrogen and oxygen atoms in total. The van der Waals surface area contributed by atoms with Crippen molar-refractivity contribution in [3.63, 3.8) is 0 Å². The van der Waals surface area contributed by atoms with E-state index in [2.05, 4.69) is 12.1 Å². The second kappa shape index (κ2) is 6.65. The molecule has 0 saturated heterocycles. The maximum absolute atomic E-state index is 11.4. The van der Waals surface area contributed by atoms with Gasteiger partial charge in [-0.25, -0.2) is 9.59 Å². The molecular formula is C19H17ClO4. The third-order valence-corrected chi connectivity index (χ3v) is 4.88. The van der Waals surface area contributed by atoms with Crippen LogP contribution in [-0.4, -0.2) is 28.0 Å². The number of alkyl halides is 1. The fourth-order valence-corrected chi connectivity index (χ4v) is 3.38. The van der Waals surface area contributed by atoms with E-state index in [1.54, 1.807) is 6.07 Å². The summed E-state index contributed by atoms with van der Waals surface area (Å²) in [5.41, 5.74) is 2.86. The molecule has 24 heavy (non-hydrogen) atoms. The second-order valence-corrected chi connectivity index (χ2v) is 6.47. The van der Waals surface area contributed by atoms with Gasteiger partial charge in [0.05, 0.1) is 11.1 Å².